The van der Waals surface area contributed by atoms with Gasteiger partial charge >= 0.3 is 0 Å². The van der Waals surface area contributed by atoms with Crippen LogP contribution in [0.2, 0.25) is 0 Å². The average molecular weight is 476 g/mol. The van der Waals surface area contributed by atoms with Gasteiger partial charge < -0.3 is 10.4 Å². The Morgan fingerprint density at radius 1 is 1.23 bits per heavy atom. The molecule has 2 aromatic carbocycles. The maximum absolute atomic E-state index is 14.2. The fraction of sp³-hybridized carbons (Fsp3) is 0.278. The van der Waals surface area contributed by atoms with Crippen LogP contribution < -0.4 is 10.8 Å². The van der Waals surface area contributed by atoms with Crippen molar-refractivity contribution < 1.29 is 23.5 Å². The monoisotopic (exact) mass is 476 g/mol. The summed E-state index contributed by atoms with van der Waals surface area (Å²) in [6, 6.07) is 8.35. The first-order chi connectivity index (χ1) is 12.2. The van der Waals surface area contributed by atoms with Crippen LogP contribution in [0.25, 0.3) is 0 Å². The number of carbonyl (C=O) groups is 1. The fourth-order valence-corrected chi connectivity index (χ4v) is 2.42. The quantitative estimate of drug-likeness (QED) is 0.418. The van der Waals surface area contributed by atoms with Gasteiger partial charge in [0.05, 0.1) is 30.2 Å². The van der Waals surface area contributed by atoms with E-state index in [1.54, 1.807) is 19.9 Å². The predicted molar refractivity (Wildman–Crippen MR) is 103 cm³/mol. The van der Waals surface area contributed by atoms with Gasteiger partial charge in [-0.05, 0) is 52.9 Å². The first kappa shape index (κ1) is 20.5. The van der Waals surface area contributed by atoms with Crippen molar-refractivity contribution in [3.8, 4) is 0 Å². The minimum atomic E-state index is -0.703. The Kier molecular flexibility index (Phi) is 6.90. The van der Waals surface area contributed by atoms with Crippen LogP contribution in [-0.2, 0) is 4.84 Å². The summed E-state index contributed by atoms with van der Waals surface area (Å²) in [5, 5.41) is 11.8. The van der Waals surface area contributed by atoms with E-state index in [1.807, 2.05) is 22.6 Å². The van der Waals surface area contributed by atoms with E-state index in [2.05, 4.69) is 10.8 Å². The summed E-state index contributed by atoms with van der Waals surface area (Å²) in [6.45, 7) is 3.46. The third-order valence-corrected chi connectivity index (χ3v) is 4.18. The minimum absolute atomic E-state index is 0.0373. The van der Waals surface area contributed by atoms with Gasteiger partial charge in [-0.15, -0.1) is 0 Å². The minimum Gasteiger partial charge on any atom is -0.396 e. The van der Waals surface area contributed by atoms with Crippen LogP contribution in [0.4, 0.5) is 20.2 Å². The molecule has 0 bridgehead atoms. The van der Waals surface area contributed by atoms with Gasteiger partial charge in [-0.3, -0.25) is 9.63 Å². The number of amides is 1. The molecule has 0 aromatic heterocycles. The SMILES string of the molecule is CC(C)(CO)CONC(=O)c1cccc(F)c1Nc1ccc(I)cc1F. The van der Waals surface area contributed by atoms with Gasteiger partial charge in [0, 0.05) is 8.99 Å². The molecule has 0 aliphatic rings. The molecular formula is C18H19F2IN2O3. The Bertz CT molecular complexity index is 800. The van der Waals surface area contributed by atoms with Crippen molar-refractivity contribution in [2.75, 3.05) is 18.5 Å². The highest BCUT2D eigenvalue weighted by molar-refractivity contribution is 14.1. The number of carbonyl (C=O) groups excluding carboxylic acids is 1. The number of nitrogens with one attached hydrogen (secondary N) is 2. The first-order valence-electron chi connectivity index (χ1n) is 7.77. The van der Waals surface area contributed by atoms with Crippen LogP contribution in [0, 0.1) is 20.6 Å². The van der Waals surface area contributed by atoms with E-state index in [4.69, 9.17) is 4.84 Å². The van der Waals surface area contributed by atoms with E-state index in [1.165, 1.54) is 30.3 Å². The molecule has 5 nitrogen and oxygen atoms in total. The van der Waals surface area contributed by atoms with E-state index < -0.39 is 23.0 Å². The number of aliphatic hydroxyl groups is 1. The Balaban J connectivity index is 2.19. The second kappa shape index (κ2) is 8.74. The van der Waals surface area contributed by atoms with Crippen molar-refractivity contribution in [3.05, 3.63) is 57.2 Å². The topological polar surface area (TPSA) is 70.6 Å². The highest BCUT2D eigenvalue weighted by Crippen LogP contribution is 2.27. The van der Waals surface area contributed by atoms with Crippen molar-refractivity contribution in [1.82, 2.24) is 5.48 Å². The van der Waals surface area contributed by atoms with E-state index in [-0.39, 0.29) is 30.2 Å². The molecule has 1 amide bonds. The molecule has 140 valence electrons. The number of benzene rings is 2. The molecule has 0 radical (unpaired) electrons. The number of hydrogen-bond donors (Lipinski definition) is 3. The van der Waals surface area contributed by atoms with Crippen molar-refractivity contribution in [2.24, 2.45) is 5.41 Å². The highest BCUT2D eigenvalue weighted by atomic mass is 127. The summed E-state index contributed by atoms with van der Waals surface area (Å²) in [4.78, 5) is 17.4. The standard InChI is InChI=1S/C18H19F2IN2O3/c1-18(2,9-24)10-26-23-17(25)12-4-3-5-13(19)16(12)22-15-7-6-11(21)8-14(15)20/h3-8,22,24H,9-10H2,1-2H3,(H,23,25). The zero-order valence-electron chi connectivity index (χ0n) is 14.3. The van der Waals surface area contributed by atoms with Gasteiger partial charge in [0.1, 0.15) is 11.6 Å². The molecule has 0 aliphatic carbocycles. The molecular weight excluding hydrogens is 457 g/mol. The van der Waals surface area contributed by atoms with Gasteiger partial charge in [-0.25, -0.2) is 14.3 Å². The van der Waals surface area contributed by atoms with Gasteiger partial charge in [0.15, 0.2) is 0 Å². The van der Waals surface area contributed by atoms with Crippen LogP contribution in [0.1, 0.15) is 24.2 Å². The molecule has 8 heteroatoms. The molecule has 0 atom stereocenters. The van der Waals surface area contributed by atoms with Crippen LogP contribution in [0.5, 0.6) is 0 Å². The molecule has 2 aromatic rings. The van der Waals surface area contributed by atoms with E-state index >= 15 is 0 Å². The second-order valence-corrected chi connectivity index (χ2v) is 7.70. The molecule has 2 rings (SSSR count). The van der Waals surface area contributed by atoms with Gasteiger partial charge in [0.2, 0.25) is 0 Å². The summed E-state index contributed by atoms with van der Waals surface area (Å²) in [5.74, 6) is -1.95. The first-order valence-corrected chi connectivity index (χ1v) is 8.85. The number of hydroxylamine groups is 1. The van der Waals surface area contributed by atoms with Gasteiger partial charge in [-0.2, -0.15) is 0 Å². The third kappa shape index (κ3) is 5.36. The molecule has 26 heavy (non-hydrogen) atoms. The van der Waals surface area contributed by atoms with E-state index in [0.717, 1.165) is 0 Å². The molecule has 0 aliphatic heterocycles. The number of hydrogen-bond acceptors (Lipinski definition) is 4. The summed E-state index contributed by atoms with van der Waals surface area (Å²) < 4.78 is 29.0. The second-order valence-electron chi connectivity index (χ2n) is 6.45. The van der Waals surface area contributed by atoms with E-state index in [9.17, 15) is 18.7 Å². The van der Waals surface area contributed by atoms with Crippen LogP contribution >= 0.6 is 22.6 Å². The lowest BCUT2D eigenvalue weighted by atomic mass is 9.97. The van der Waals surface area contributed by atoms with Crippen molar-refractivity contribution in [3.63, 3.8) is 0 Å². The lowest BCUT2D eigenvalue weighted by Gasteiger charge is -2.21. The lowest BCUT2D eigenvalue weighted by Crippen LogP contribution is -2.32. The summed E-state index contributed by atoms with van der Waals surface area (Å²) in [6.07, 6.45) is 0. The molecule has 0 heterocycles. The molecule has 0 fully saturated rings. The fourth-order valence-electron chi connectivity index (χ4n) is 1.96. The Labute approximate surface area is 163 Å². The largest absolute Gasteiger partial charge is 0.396 e. The number of rotatable bonds is 7. The number of halogens is 3. The van der Waals surface area contributed by atoms with Crippen molar-refractivity contribution in [2.45, 2.75) is 13.8 Å². The molecule has 0 spiro atoms. The predicted octanol–water partition coefficient (Wildman–Crippen LogP) is 3.99. The molecule has 0 unspecified atom stereocenters. The Morgan fingerprint density at radius 3 is 2.62 bits per heavy atom. The normalized spacial score (nSPS) is 11.3. The Hall–Kier alpha value is -1.78. The number of aliphatic hydroxyl groups excluding tert-OH is 1. The van der Waals surface area contributed by atoms with Crippen molar-refractivity contribution in [1.29, 1.82) is 0 Å². The maximum atomic E-state index is 14.2. The third-order valence-electron chi connectivity index (χ3n) is 3.50. The zero-order chi connectivity index (χ0) is 19.3. The van der Waals surface area contributed by atoms with Crippen LogP contribution in [0.3, 0.4) is 0 Å². The zero-order valence-corrected chi connectivity index (χ0v) is 16.4. The van der Waals surface area contributed by atoms with Crippen LogP contribution in [-0.4, -0.2) is 24.2 Å². The Morgan fingerprint density at radius 2 is 1.96 bits per heavy atom. The summed E-state index contributed by atoms with van der Waals surface area (Å²) in [5.41, 5.74) is 1.53. The number of anilines is 2. The lowest BCUT2D eigenvalue weighted by molar-refractivity contribution is -0.0197. The van der Waals surface area contributed by atoms with E-state index in [0.29, 0.717) is 3.57 Å². The molecule has 0 saturated heterocycles. The van der Waals surface area contributed by atoms with Crippen molar-refractivity contribution >= 4 is 39.9 Å². The average Bonchev–Trinajstić information content (AvgIpc) is 2.58. The van der Waals surface area contributed by atoms with Crippen LogP contribution in [0.15, 0.2) is 36.4 Å². The highest BCUT2D eigenvalue weighted by Gasteiger charge is 2.20. The summed E-state index contributed by atoms with van der Waals surface area (Å²) >= 11 is 1.96. The van der Waals surface area contributed by atoms with Gasteiger partial charge in [0.25, 0.3) is 5.91 Å². The number of para-hydroxylation sites is 1. The van der Waals surface area contributed by atoms with Gasteiger partial charge in [-0.1, -0.05) is 19.9 Å². The smallest absolute Gasteiger partial charge is 0.277 e. The maximum Gasteiger partial charge on any atom is 0.277 e. The molecule has 3 N–H and O–H groups in total. The summed E-state index contributed by atoms with van der Waals surface area (Å²) in [7, 11) is 0. The molecule has 0 saturated carbocycles.